The molecule has 0 bridgehead atoms. The number of aryl methyl sites for hydroxylation is 1. The monoisotopic (exact) mass is 697 g/mol. The van der Waals surface area contributed by atoms with E-state index < -0.39 is 33.5 Å². The third kappa shape index (κ3) is 8.12. The fraction of sp³-hybridized carbons (Fsp3) is 0.235. The minimum Gasteiger partial charge on any atom is -0.484 e. The topological polar surface area (TPSA) is 106 Å². The van der Waals surface area contributed by atoms with Crippen LogP contribution in [-0.4, -0.2) is 72.6 Å². The number of fused-ring (bicyclic) bond motifs is 1. The van der Waals surface area contributed by atoms with Gasteiger partial charge >= 0.3 is 6.18 Å². The van der Waals surface area contributed by atoms with E-state index in [1.165, 1.54) is 48.7 Å². The fourth-order valence-electron chi connectivity index (χ4n) is 5.46. The molecule has 1 amide bonds. The highest BCUT2D eigenvalue weighted by molar-refractivity contribution is 7.92. The molecule has 2 aromatic heterocycles. The molecule has 1 N–H and O–H groups in total. The molecule has 256 valence electrons. The van der Waals surface area contributed by atoms with Crippen molar-refractivity contribution in [2.75, 3.05) is 37.5 Å². The summed E-state index contributed by atoms with van der Waals surface area (Å²) in [6, 6.07) is 21.7. The standard InChI is InChI=1S/C34H31F4N5O5S/c1-41-29-19-27(48-32-13-9-25(20-39-32)40-49(45,46)31-5-3-2-4-28(31)35)12-8-24(29)18-30(41)33(44)43-16-14-42(15-17-43)21-23-6-10-26(11-7-23)47-22-34(36,37)38/h2-13,18-20,40H,14-17,21-22H2,1H3. The maximum Gasteiger partial charge on any atom is 0.422 e. The first kappa shape index (κ1) is 33.7. The van der Waals surface area contributed by atoms with Crippen molar-refractivity contribution in [1.82, 2.24) is 19.4 Å². The van der Waals surface area contributed by atoms with Gasteiger partial charge < -0.3 is 18.9 Å². The highest BCUT2D eigenvalue weighted by Crippen LogP contribution is 2.29. The summed E-state index contributed by atoms with van der Waals surface area (Å²) in [4.78, 5) is 21.2. The first-order valence-electron chi connectivity index (χ1n) is 15.2. The number of benzene rings is 3. The molecule has 0 atom stereocenters. The van der Waals surface area contributed by atoms with Crippen molar-refractivity contribution < 1.29 is 40.2 Å². The second-order valence-electron chi connectivity index (χ2n) is 11.4. The van der Waals surface area contributed by atoms with Crippen LogP contribution in [-0.2, 0) is 23.6 Å². The van der Waals surface area contributed by atoms with Gasteiger partial charge in [-0.05, 0) is 54.1 Å². The van der Waals surface area contributed by atoms with Crippen LogP contribution in [0, 0.1) is 5.82 Å². The Bertz CT molecular complexity index is 2060. The first-order chi connectivity index (χ1) is 23.3. The number of piperazine rings is 1. The molecule has 49 heavy (non-hydrogen) atoms. The number of rotatable bonds is 10. The van der Waals surface area contributed by atoms with Gasteiger partial charge in [0, 0.05) is 57.3 Å². The smallest absolute Gasteiger partial charge is 0.422 e. The predicted octanol–water partition coefficient (Wildman–Crippen LogP) is 6.20. The van der Waals surface area contributed by atoms with Crippen LogP contribution in [0.25, 0.3) is 10.9 Å². The molecule has 5 aromatic rings. The predicted molar refractivity (Wildman–Crippen MR) is 174 cm³/mol. The number of pyridine rings is 1. The van der Waals surface area contributed by atoms with Gasteiger partial charge in [0.2, 0.25) is 5.88 Å². The van der Waals surface area contributed by atoms with Crippen molar-refractivity contribution in [2.45, 2.75) is 17.6 Å². The molecule has 0 aliphatic carbocycles. The summed E-state index contributed by atoms with van der Waals surface area (Å²) in [5, 5.41) is 0.838. The van der Waals surface area contributed by atoms with Gasteiger partial charge in [-0.3, -0.25) is 14.4 Å². The van der Waals surface area contributed by atoms with E-state index >= 15 is 0 Å². The summed E-state index contributed by atoms with van der Waals surface area (Å²) in [5.41, 5.74) is 2.34. The third-order valence-electron chi connectivity index (χ3n) is 7.96. The second-order valence-corrected chi connectivity index (χ2v) is 13.1. The zero-order valence-corrected chi connectivity index (χ0v) is 27.0. The van der Waals surface area contributed by atoms with Gasteiger partial charge in [0.15, 0.2) is 6.61 Å². The second kappa shape index (κ2) is 13.8. The molecule has 10 nitrogen and oxygen atoms in total. The Hall–Kier alpha value is -5.15. The van der Waals surface area contributed by atoms with Gasteiger partial charge in [0.25, 0.3) is 15.9 Å². The van der Waals surface area contributed by atoms with Gasteiger partial charge in [-0.25, -0.2) is 17.8 Å². The van der Waals surface area contributed by atoms with Crippen LogP contribution < -0.4 is 14.2 Å². The number of halogens is 4. The van der Waals surface area contributed by atoms with E-state index in [0.29, 0.717) is 44.2 Å². The zero-order chi connectivity index (χ0) is 34.8. The van der Waals surface area contributed by atoms with Crippen molar-refractivity contribution in [2.24, 2.45) is 7.05 Å². The lowest BCUT2D eigenvalue weighted by atomic mass is 10.2. The summed E-state index contributed by atoms with van der Waals surface area (Å²) in [6.07, 6.45) is -3.13. The Kier molecular flexibility index (Phi) is 9.48. The van der Waals surface area contributed by atoms with Crippen molar-refractivity contribution in [3.05, 3.63) is 108 Å². The van der Waals surface area contributed by atoms with E-state index in [4.69, 9.17) is 9.47 Å². The molecule has 1 saturated heterocycles. The fourth-order valence-corrected chi connectivity index (χ4v) is 6.58. The van der Waals surface area contributed by atoms with E-state index in [2.05, 4.69) is 14.6 Å². The van der Waals surface area contributed by atoms with Crippen LogP contribution in [0.15, 0.2) is 96.0 Å². The highest BCUT2D eigenvalue weighted by Gasteiger charge is 2.28. The van der Waals surface area contributed by atoms with E-state index in [9.17, 15) is 30.8 Å². The van der Waals surface area contributed by atoms with E-state index in [-0.39, 0.29) is 23.2 Å². The molecule has 3 aromatic carbocycles. The lowest BCUT2D eigenvalue weighted by Crippen LogP contribution is -2.48. The van der Waals surface area contributed by atoms with Gasteiger partial charge in [-0.1, -0.05) is 24.3 Å². The molecule has 15 heteroatoms. The largest absolute Gasteiger partial charge is 0.484 e. The number of carbonyl (C=O) groups is 1. The van der Waals surface area contributed by atoms with E-state index in [1.54, 1.807) is 40.8 Å². The van der Waals surface area contributed by atoms with Crippen LogP contribution in [0.2, 0.25) is 0 Å². The average molecular weight is 698 g/mol. The number of carbonyl (C=O) groups excluding carboxylic acids is 1. The van der Waals surface area contributed by atoms with Crippen LogP contribution in [0.4, 0.5) is 23.2 Å². The molecular weight excluding hydrogens is 666 g/mol. The molecule has 0 saturated carbocycles. The maximum atomic E-state index is 14.0. The minimum atomic E-state index is -4.39. The summed E-state index contributed by atoms with van der Waals surface area (Å²) >= 11 is 0. The Morgan fingerprint density at radius 3 is 2.31 bits per heavy atom. The number of anilines is 1. The average Bonchev–Trinajstić information content (AvgIpc) is 3.40. The number of aromatic nitrogens is 2. The summed E-state index contributed by atoms with van der Waals surface area (Å²) < 4.78 is 91.1. The Morgan fingerprint density at radius 1 is 0.918 bits per heavy atom. The van der Waals surface area contributed by atoms with Crippen LogP contribution in [0.1, 0.15) is 16.1 Å². The Balaban J connectivity index is 1.04. The van der Waals surface area contributed by atoms with Crippen molar-refractivity contribution in [1.29, 1.82) is 0 Å². The van der Waals surface area contributed by atoms with E-state index in [0.717, 1.165) is 22.5 Å². The molecule has 6 rings (SSSR count). The molecule has 0 spiro atoms. The SMILES string of the molecule is Cn1c(C(=O)N2CCN(Cc3ccc(OCC(F)(F)F)cc3)CC2)cc2ccc(Oc3ccc(NS(=O)(=O)c4ccccc4F)cn3)cc21. The Labute approximate surface area is 279 Å². The number of alkyl halides is 3. The lowest BCUT2D eigenvalue weighted by molar-refractivity contribution is -0.153. The molecule has 0 unspecified atom stereocenters. The van der Waals surface area contributed by atoms with Crippen LogP contribution in [0.3, 0.4) is 0 Å². The van der Waals surface area contributed by atoms with Gasteiger partial charge in [0.05, 0.1) is 17.4 Å². The van der Waals surface area contributed by atoms with Crippen molar-refractivity contribution in [3.8, 4) is 17.4 Å². The summed E-state index contributed by atoms with van der Waals surface area (Å²) in [6.45, 7) is 1.56. The number of nitrogens with one attached hydrogen (secondary N) is 1. The third-order valence-corrected chi connectivity index (χ3v) is 9.38. The maximum absolute atomic E-state index is 14.0. The van der Waals surface area contributed by atoms with Crippen LogP contribution >= 0.6 is 0 Å². The van der Waals surface area contributed by atoms with Gasteiger partial charge in [-0.15, -0.1) is 0 Å². The lowest BCUT2D eigenvalue weighted by Gasteiger charge is -2.34. The number of nitrogens with zero attached hydrogens (tertiary/aromatic N) is 4. The molecular formula is C34H31F4N5O5S. The summed E-state index contributed by atoms with van der Waals surface area (Å²) in [7, 11) is -2.35. The first-order valence-corrected chi connectivity index (χ1v) is 16.6. The zero-order valence-electron chi connectivity index (χ0n) is 26.2. The highest BCUT2D eigenvalue weighted by atomic mass is 32.2. The summed E-state index contributed by atoms with van der Waals surface area (Å²) in [5.74, 6) is -0.174. The molecule has 1 fully saturated rings. The van der Waals surface area contributed by atoms with Gasteiger partial charge in [0.1, 0.15) is 27.9 Å². The number of hydrogen-bond donors (Lipinski definition) is 1. The number of ether oxygens (including phenoxy) is 2. The normalized spacial score (nSPS) is 14.2. The molecule has 3 heterocycles. The minimum absolute atomic E-state index is 0.109. The quantitative estimate of drug-likeness (QED) is 0.173. The molecule has 1 aliphatic heterocycles. The van der Waals surface area contributed by atoms with Crippen LogP contribution in [0.5, 0.6) is 17.4 Å². The number of hydrogen-bond acceptors (Lipinski definition) is 7. The number of sulfonamides is 1. The van der Waals surface area contributed by atoms with Crippen molar-refractivity contribution >= 4 is 32.5 Å². The Morgan fingerprint density at radius 2 is 1.63 bits per heavy atom. The van der Waals surface area contributed by atoms with Gasteiger partial charge in [-0.2, -0.15) is 13.2 Å². The van der Waals surface area contributed by atoms with Crippen molar-refractivity contribution in [3.63, 3.8) is 0 Å². The number of amides is 1. The molecule has 0 radical (unpaired) electrons. The van der Waals surface area contributed by atoms with E-state index in [1.807, 2.05) is 12.1 Å². The molecule has 1 aliphatic rings.